The number of carbonyl (C=O) groups excluding carboxylic acids is 1. The van der Waals surface area contributed by atoms with Gasteiger partial charge in [0.25, 0.3) is 0 Å². The number of ether oxygens (including phenoxy) is 1. The molecule has 2 atom stereocenters. The summed E-state index contributed by atoms with van der Waals surface area (Å²) in [6.45, 7) is 6.87. The third-order valence-electron chi connectivity index (χ3n) is 4.70. The Morgan fingerprint density at radius 2 is 1.50 bits per heavy atom. The zero-order valence-electron chi connectivity index (χ0n) is 13.4. The first-order chi connectivity index (χ1) is 10.4. The molecule has 0 radical (unpaired) electrons. The van der Waals surface area contributed by atoms with Gasteiger partial charge in [-0.3, -0.25) is 4.79 Å². The van der Waals surface area contributed by atoms with E-state index in [0.29, 0.717) is 0 Å². The van der Waals surface area contributed by atoms with Gasteiger partial charge in [-0.25, -0.2) is 0 Å². The van der Waals surface area contributed by atoms with E-state index < -0.39 is 8.07 Å². The molecule has 2 nitrogen and oxygen atoms in total. The van der Waals surface area contributed by atoms with Crippen molar-refractivity contribution in [1.29, 1.82) is 0 Å². The van der Waals surface area contributed by atoms with E-state index in [2.05, 4.69) is 31.8 Å². The molecule has 0 amide bonds. The number of carbonyl (C=O) groups is 1. The van der Waals surface area contributed by atoms with Crippen molar-refractivity contribution in [3.8, 4) is 0 Å². The minimum absolute atomic E-state index is 0.0791. The van der Waals surface area contributed by atoms with Crippen molar-refractivity contribution in [3.63, 3.8) is 0 Å². The first-order valence-electron chi connectivity index (χ1n) is 7.76. The summed E-state index contributed by atoms with van der Waals surface area (Å²) >= 11 is 0. The number of hydrogen-bond donors (Lipinski definition) is 0. The third kappa shape index (κ3) is 2.39. The maximum atomic E-state index is 12.3. The third-order valence-corrected chi connectivity index (χ3v) is 7.80. The van der Waals surface area contributed by atoms with Crippen molar-refractivity contribution in [2.45, 2.75) is 37.2 Å². The second-order valence-corrected chi connectivity index (χ2v) is 12.4. The van der Waals surface area contributed by atoms with Crippen molar-refractivity contribution in [1.82, 2.24) is 0 Å². The van der Waals surface area contributed by atoms with Crippen LogP contribution in [0.25, 0.3) is 0 Å². The van der Waals surface area contributed by atoms with Crippen LogP contribution < -0.4 is 0 Å². The second-order valence-electron chi connectivity index (χ2n) is 7.07. The molecule has 0 unspecified atom stereocenters. The second kappa shape index (κ2) is 5.40. The summed E-state index contributed by atoms with van der Waals surface area (Å²) in [5.74, 6) is -0.217. The van der Waals surface area contributed by atoms with E-state index in [-0.39, 0.29) is 17.1 Å². The quantitative estimate of drug-likeness (QED) is 0.625. The Bertz CT molecular complexity index is 661. The van der Waals surface area contributed by atoms with Gasteiger partial charge in [0.2, 0.25) is 0 Å². The highest BCUT2D eigenvalue weighted by Gasteiger charge is 2.63. The van der Waals surface area contributed by atoms with Crippen LogP contribution in [0.4, 0.5) is 0 Å². The molecule has 0 N–H and O–H groups in total. The van der Waals surface area contributed by atoms with E-state index in [0.717, 1.165) is 12.0 Å². The Hall–Kier alpha value is -1.87. The van der Waals surface area contributed by atoms with Crippen LogP contribution in [0.3, 0.4) is 0 Å². The topological polar surface area (TPSA) is 26.3 Å². The Balaban J connectivity index is 2.02. The molecule has 3 rings (SSSR count). The molecular weight excluding hydrogens is 288 g/mol. The zero-order valence-corrected chi connectivity index (χ0v) is 14.4. The van der Waals surface area contributed by atoms with Gasteiger partial charge in [0.15, 0.2) is 0 Å². The lowest BCUT2D eigenvalue weighted by Gasteiger charge is -2.54. The lowest BCUT2D eigenvalue weighted by atomic mass is 9.84. The average Bonchev–Trinajstić information content (AvgIpc) is 2.47. The summed E-state index contributed by atoms with van der Waals surface area (Å²) < 4.78 is 5.88. The predicted molar refractivity (Wildman–Crippen MR) is 91.5 cm³/mol. The van der Waals surface area contributed by atoms with Crippen LogP contribution in [0.5, 0.6) is 0 Å². The molecule has 1 heterocycles. The molecule has 2 aromatic rings. The Kier molecular flexibility index (Phi) is 3.69. The summed E-state index contributed by atoms with van der Waals surface area (Å²) in [5, 5.41) is -0.354. The average molecular weight is 310 g/mol. The summed E-state index contributed by atoms with van der Waals surface area (Å²) in [6, 6.07) is 20.4. The number of rotatable bonds is 4. The van der Waals surface area contributed by atoms with Crippen molar-refractivity contribution >= 4 is 14.0 Å². The van der Waals surface area contributed by atoms with Crippen molar-refractivity contribution in [2.75, 3.05) is 0 Å². The van der Waals surface area contributed by atoms with E-state index in [1.807, 2.05) is 48.5 Å². The molecule has 0 aliphatic carbocycles. The minimum Gasteiger partial charge on any atom is -0.461 e. The molecule has 1 aliphatic heterocycles. The monoisotopic (exact) mass is 310 g/mol. The van der Waals surface area contributed by atoms with E-state index >= 15 is 0 Å². The van der Waals surface area contributed by atoms with Gasteiger partial charge < -0.3 is 4.74 Å². The normalized spacial score (nSPS) is 24.5. The van der Waals surface area contributed by atoms with Gasteiger partial charge in [-0.05, 0) is 11.1 Å². The van der Waals surface area contributed by atoms with Gasteiger partial charge in [-0.1, -0.05) is 80.3 Å². The number of cyclic esters (lactones) is 1. The fraction of sp³-hybridized carbons (Fsp3) is 0.316. The molecule has 0 bridgehead atoms. The largest absolute Gasteiger partial charge is 0.461 e. The van der Waals surface area contributed by atoms with Crippen LogP contribution >= 0.6 is 0 Å². The fourth-order valence-corrected chi connectivity index (χ4v) is 5.66. The van der Waals surface area contributed by atoms with Gasteiger partial charge in [-0.2, -0.15) is 0 Å². The molecule has 22 heavy (non-hydrogen) atoms. The van der Waals surface area contributed by atoms with Crippen molar-refractivity contribution in [3.05, 3.63) is 71.8 Å². The molecule has 1 saturated heterocycles. The molecule has 114 valence electrons. The number of esters is 1. The number of benzene rings is 2. The molecule has 3 heteroatoms. The standard InChI is InChI=1S/C19H22O2Si/c1-22(2,3)19(14-15-10-6-4-7-11-15)17(18(20)21-19)16-12-8-5-9-13-16/h4-13,17H,14H2,1-3H3/t17-,19-/m0/s1. The van der Waals surface area contributed by atoms with Crippen LogP contribution in [0.2, 0.25) is 19.6 Å². The Morgan fingerprint density at radius 1 is 0.955 bits per heavy atom. The lowest BCUT2D eigenvalue weighted by molar-refractivity contribution is -0.184. The molecule has 2 aromatic carbocycles. The van der Waals surface area contributed by atoms with Gasteiger partial charge in [0.05, 0.1) is 8.07 Å². The molecule has 1 aliphatic rings. The molecular formula is C19H22O2Si. The Labute approximate surface area is 133 Å². The van der Waals surface area contributed by atoms with Crippen molar-refractivity contribution in [2.24, 2.45) is 0 Å². The predicted octanol–water partition coefficient (Wildman–Crippen LogP) is 4.19. The highest BCUT2D eigenvalue weighted by Crippen LogP contribution is 2.49. The fourth-order valence-electron chi connectivity index (χ4n) is 3.37. The van der Waals surface area contributed by atoms with Gasteiger partial charge in [0, 0.05) is 6.42 Å². The van der Waals surface area contributed by atoms with Crippen molar-refractivity contribution < 1.29 is 9.53 Å². The summed E-state index contributed by atoms with van der Waals surface area (Å²) in [7, 11) is -1.74. The highest BCUT2D eigenvalue weighted by atomic mass is 28.3. The minimum atomic E-state index is -1.74. The van der Waals surface area contributed by atoms with Crippen LogP contribution in [-0.4, -0.2) is 19.3 Å². The molecule has 1 fully saturated rings. The van der Waals surface area contributed by atoms with Gasteiger partial charge in [-0.15, -0.1) is 0 Å². The maximum absolute atomic E-state index is 12.3. The molecule has 0 spiro atoms. The van der Waals surface area contributed by atoms with Crippen LogP contribution in [0.15, 0.2) is 60.7 Å². The lowest BCUT2D eigenvalue weighted by Crippen LogP contribution is -2.69. The van der Waals surface area contributed by atoms with E-state index in [9.17, 15) is 4.79 Å². The van der Waals surface area contributed by atoms with Crippen LogP contribution in [0, 0.1) is 0 Å². The first kappa shape index (κ1) is 15.0. The molecule has 0 aromatic heterocycles. The number of hydrogen-bond acceptors (Lipinski definition) is 2. The summed E-state index contributed by atoms with van der Waals surface area (Å²) in [6.07, 6.45) is 0.800. The van der Waals surface area contributed by atoms with Gasteiger partial charge >= 0.3 is 5.97 Å². The zero-order chi connectivity index (χ0) is 15.8. The molecule has 0 saturated carbocycles. The highest BCUT2D eigenvalue weighted by molar-refractivity contribution is 6.80. The Morgan fingerprint density at radius 3 is 2.00 bits per heavy atom. The SMILES string of the molecule is C[Si](C)(C)[C@]1(Cc2ccccc2)OC(=O)[C@@H]1c1ccccc1. The van der Waals surface area contributed by atoms with E-state index in [1.165, 1.54) is 5.56 Å². The first-order valence-corrected chi connectivity index (χ1v) is 11.3. The summed E-state index contributed by atoms with van der Waals surface area (Å²) in [5.41, 5.74) is 2.32. The summed E-state index contributed by atoms with van der Waals surface area (Å²) in [4.78, 5) is 12.3. The van der Waals surface area contributed by atoms with E-state index in [1.54, 1.807) is 0 Å². The van der Waals surface area contributed by atoms with Crippen LogP contribution in [-0.2, 0) is 16.0 Å². The smallest absolute Gasteiger partial charge is 0.317 e. The van der Waals surface area contributed by atoms with E-state index in [4.69, 9.17) is 4.74 Å². The van der Waals surface area contributed by atoms with Crippen LogP contribution in [0.1, 0.15) is 17.0 Å². The van der Waals surface area contributed by atoms with Gasteiger partial charge in [0.1, 0.15) is 11.1 Å². The maximum Gasteiger partial charge on any atom is 0.317 e.